The summed E-state index contributed by atoms with van der Waals surface area (Å²) < 4.78 is 0. The first-order chi connectivity index (χ1) is 8.79. The smallest absolute Gasteiger partial charge is 0.0794 e. The number of rotatable bonds is 6. The average Bonchev–Trinajstić information content (AvgIpc) is 2.85. The molecule has 4 heteroatoms. The Kier molecular flexibility index (Phi) is 5.17. The molecule has 0 bridgehead atoms. The summed E-state index contributed by atoms with van der Waals surface area (Å²) >= 11 is 7.87. The summed E-state index contributed by atoms with van der Waals surface area (Å²) in [7, 11) is 1.99. The van der Waals surface area contributed by atoms with Crippen molar-refractivity contribution in [1.29, 1.82) is 0 Å². The van der Waals surface area contributed by atoms with Crippen LogP contribution in [0.15, 0.2) is 35.2 Å². The third-order valence-corrected chi connectivity index (χ3v) is 3.94. The first-order valence-corrected chi connectivity index (χ1v) is 7.36. The topological polar surface area (TPSA) is 24.9 Å². The molecule has 2 aromatic rings. The van der Waals surface area contributed by atoms with Gasteiger partial charge in [-0.1, -0.05) is 29.8 Å². The monoisotopic (exact) mass is 280 g/mol. The van der Waals surface area contributed by atoms with E-state index in [4.69, 9.17) is 11.6 Å². The Hall–Kier alpha value is -0.900. The molecule has 2 nitrogen and oxygen atoms in total. The van der Waals surface area contributed by atoms with Crippen LogP contribution in [0.3, 0.4) is 0 Å². The summed E-state index contributed by atoms with van der Waals surface area (Å²) in [6.07, 6.45) is 1.98. The molecule has 18 heavy (non-hydrogen) atoms. The fraction of sp³-hybridized carbons (Fsp3) is 0.357. The minimum Gasteiger partial charge on any atom is -0.319 e. The normalized spacial score (nSPS) is 12.6. The number of hydrogen-bond acceptors (Lipinski definition) is 3. The van der Waals surface area contributed by atoms with E-state index in [9.17, 15) is 0 Å². The van der Waals surface area contributed by atoms with E-state index in [-0.39, 0.29) is 0 Å². The molecule has 0 saturated carbocycles. The average molecular weight is 281 g/mol. The second-order valence-electron chi connectivity index (χ2n) is 4.40. The van der Waals surface area contributed by atoms with Crippen molar-refractivity contribution in [2.24, 2.45) is 5.92 Å². The van der Waals surface area contributed by atoms with Gasteiger partial charge < -0.3 is 5.32 Å². The van der Waals surface area contributed by atoms with Crippen LogP contribution in [0, 0.1) is 5.92 Å². The molecule has 96 valence electrons. The van der Waals surface area contributed by atoms with Gasteiger partial charge in [0.05, 0.1) is 11.2 Å². The number of nitrogens with one attached hydrogen (secondary N) is 1. The summed E-state index contributed by atoms with van der Waals surface area (Å²) in [4.78, 5) is 4.36. The molecule has 0 aliphatic heterocycles. The maximum Gasteiger partial charge on any atom is 0.0794 e. The standard InChI is InChI=1S/C14H17ClN2S/c1-16-8-11(7-13-9-18-10-17-13)6-12-4-2-3-5-14(12)15/h2-5,9-11,16H,6-8H2,1H3. The lowest BCUT2D eigenvalue weighted by molar-refractivity contribution is 0.489. The zero-order valence-electron chi connectivity index (χ0n) is 10.4. The number of aromatic nitrogens is 1. The van der Waals surface area contributed by atoms with Gasteiger partial charge in [-0.25, -0.2) is 4.98 Å². The van der Waals surface area contributed by atoms with Gasteiger partial charge in [0.15, 0.2) is 0 Å². The third-order valence-electron chi connectivity index (χ3n) is 2.94. The molecule has 0 radical (unpaired) electrons. The van der Waals surface area contributed by atoms with Crippen LogP contribution in [0.2, 0.25) is 5.02 Å². The van der Waals surface area contributed by atoms with Gasteiger partial charge >= 0.3 is 0 Å². The highest BCUT2D eigenvalue weighted by molar-refractivity contribution is 7.07. The van der Waals surface area contributed by atoms with E-state index in [2.05, 4.69) is 21.7 Å². The second-order valence-corrected chi connectivity index (χ2v) is 5.53. The van der Waals surface area contributed by atoms with Gasteiger partial charge in [0.25, 0.3) is 0 Å². The Bertz CT molecular complexity index is 470. The minimum atomic E-state index is 0.525. The van der Waals surface area contributed by atoms with Crippen LogP contribution < -0.4 is 5.32 Å². The van der Waals surface area contributed by atoms with Crippen LogP contribution in [0.1, 0.15) is 11.3 Å². The molecule has 0 fully saturated rings. The van der Waals surface area contributed by atoms with Crippen LogP contribution in [0.4, 0.5) is 0 Å². The van der Waals surface area contributed by atoms with Crippen LogP contribution in [0.25, 0.3) is 0 Å². The van der Waals surface area contributed by atoms with Crippen molar-refractivity contribution < 1.29 is 0 Å². The lowest BCUT2D eigenvalue weighted by Crippen LogP contribution is -2.23. The van der Waals surface area contributed by atoms with Crippen LogP contribution in [-0.2, 0) is 12.8 Å². The fourth-order valence-electron chi connectivity index (χ4n) is 2.11. The fourth-order valence-corrected chi connectivity index (χ4v) is 2.90. The van der Waals surface area contributed by atoms with E-state index >= 15 is 0 Å². The van der Waals surface area contributed by atoms with E-state index in [1.807, 2.05) is 30.8 Å². The largest absolute Gasteiger partial charge is 0.319 e. The molecule has 0 aliphatic rings. The molecular weight excluding hydrogens is 264 g/mol. The maximum atomic E-state index is 6.22. The zero-order chi connectivity index (χ0) is 12.8. The number of benzene rings is 1. The van der Waals surface area contributed by atoms with E-state index < -0.39 is 0 Å². The van der Waals surface area contributed by atoms with Crippen molar-refractivity contribution >= 4 is 22.9 Å². The molecule has 1 N–H and O–H groups in total. The lowest BCUT2D eigenvalue weighted by atomic mass is 9.95. The molecule has 2 rings (SSSR count). The van der Waals surface area contributed by atoms with Crippen LogP contribution >= 0.6 is 22.9 Å². The Morgan fingerprint density at radius 2 is 2.17 bits per heavy atom. The third kappa shape index (κ3) is 3.80. The molecule has 1 heterocycles. The Balaban J connectivity index is 2.04. The van der Waals surface area contributed by atoms with E-state index in [0.717, 1.165) is 24.4 Å². The highest BCUT2D eigenvalue weighted by Crippen LogP contribution is 2.20. The summed E-state index contributed by atoms with van der Waals surface area (Å²) in [5, 5.41) is 6.23. The molecule has 1 atom stereocenters. The van der Waals surface area contributed by atoms with Crippen molar-refractivity contribution in [3.8, 4) is 0 Å². The van der Waals surface area contributed by atoms with E-state index in [0.29, 0.717) is 5.92 Å². The predicted octanol–water partition coefficient (Wildman–Crippen LogP) is 3.42. The first-order valence-electron chi connectivity index (χ1n) is 6.04. The molecule has 1 aromatic heterocycles. The first kappa shape index (κ1) is 13.5. The molecule has 1 unspecified atom stereocenters. The Morgan fingerprint density at radius 3 is 2.83 bits per heavy atom. The molecule has 0 saturated heterocycles. The summed E-state index contributed by atoms with van der Waals surface area (Å²) in [6.45, 7) is 0.975. The summed E-state index contributed by atoms with van der Waals surface area (Å²) in [5.74, 6) is 0.525. The molecule has 0 spiro atoms. The Morgan fingerprint density at radius 1 is 1.33 bits per heavy atom. The van der Waals surface area contributed by atoms with Crippen LogP contribution in [0.5, 0.6) is 0 Å². The van der Waals surface area contributed by atoms with Crippen molar-refractivity contribution in [3.05, 3.63) is 51.4 Å². The second kappa shape index (κ2) is 6.88. The minimum absolute atomic E-state index is 0.525. The van der Waals surface area contributed by atoms with Gasteiger partial charge in [-0.3, -0.25) is 0 Å². The molecular formula is C14H17ClN2S. The quantitative estimate of drug-likeness (QED) is 0.877. The highest BCUT2D eigenvalue weighted by Gasteiger charge is 2.12. The predicted molar refractivity (Wildman–Crippen MR) is 78.4 cm³/mol. The van der Waals surface area contributed by atoms with Gasteiger partial charge in [-0.05, 0) is 44.0 Å². The number of hydrogen-bond donors (Lipinski definition) is 1. The van der Waals surface area contributed by atoms with Gasteiger partial charge in [-0.15, -0.1) is 11.3 Å². The van der Waals surface area contributed by atoms with Gasteiger partial charge in [0, 0.05) is 10.4 Å². The van der Waals surface area contributed by atoms with Gasteiger partial charge in [0.2, 0.25) is 0 Å². The zero-order valence-corrected chi connectivity index (χ0v) is 12.0. The molecule has 1 aromatic carbocycles. The maximum absolute atomic E-state index is 6.22. The van der Waals surface area contributed by atoms with Crippen LogP contribution in [-0.4, -0.2) is 18.6 Å². The Labute approximate surface area is 117 Å². The van der Waals surface area contributed by atoms with Gasteiger partial charge in [0.1, 0.15) is 0 Å². The highest BCUT2D eigenvalue weighted by atomic mass is 35.5. The van der Waals surface area contributed by atoms with Crippen molar-refractivity contribution in [1.82, 2.24) is 10.3 Å². The molecule has 0 aliphatic carbocycles. The van der Waals surface area contributed by atoms with E-state index in [1.54, 1.807) is 11.3 Å². The van der Waals surface area contributed by atoms with Crippen molar-refractivity contribution in [2.75, 3.05) is 13.6 Å². The number of halogens is 1. The van der Waals surface area contributed by atoms with Crippen molar-refractivity contribution in [3.63, 3.8) is 0 Å². The summed E-state index contributed by atoms with van der Waals surface area (Å²) in [6, 6.07) is 8.07. The van der Waals surface area contributed by atoms with Crippen molar-refractivity contribution in [2.45, 2.75) is 12.8 Å². The number of thiazole rings is 1. The van der Waals surface area contributed by atoms with Gasteiger partial charge in [-0.2, -0.15) is 0 Å². The SMILES string of the molecule is CNCC(Cc1cscn1)Cc1ccccc1Cl. The number of nitrogens with zero attached hydrogens (tertiary/aromatic N) is 1. The van der Waals surface area contributed by atoms with E-state index in [1.165, 1.54) is 11.3 Å². The summed E-state index contributed by atoms with van der Waals surface area (Å²) in [5.41, 5.74) is 4.28. The lowest BCUT2D eigenvalue weighted by Gasteiger charge is -2.16. The molecule has 0 amide bonds.